The van der Waals surface area contributed by atoms with Crippen molar-refractivity contribution in [3.63, 3.8) is 0 Å². The lowest BCUT2D eigenvalue weighted by molar-refractivity contribution is 0.0745. The largest absolute Gasteiger partial charge is 0.495 e. The summed E-state index contributed by atoms with van der Waals surface area (Å²) in [7, 11) is 9.94. The van der Waals surface area contributed by atoms with Crippen LogP contribution in [0.15, 0.2) is 30.3 Å². The van der Waals surface area contributed by atoms with Gasteiger partial charge in [-0.15, -0.1) is 16.4 Å². The van der Waals surface area contributed by atoms with Crippen LogP contribution in [0, 0.1) is 0 Å². The summed E-state index contributed by atoms with van der Waals surface area (Å²) >= 11 is 3.05. The van der Waals surface area contributed by atoms with Crippen molar-refractivity contribution in [1.82, 2.24) is 29.6 Å². The average molecular weight is 583 g/mol. The SMILES string of the molecule is COc1cc2nnsc2cc1NC1NCNc2sc3cc(C(=O)N(CCCN(C)C)CCCN(C)C)ccc3c21. The Balaban J connectivity index is 1.40. The summed E-state index contributed by atoms with van der Waals surface area (Å²) in [6, 6.07) is 10.1. The number of anilines is 2. The summed E-state index contributed by atoms with van der Waals surface area (Å²) in [6.07, 6.45) is 1.77. The molecule has 1 aliphatic rings. The highest BCUT2D eigenvalue weighted by Gasteiger charge is 2.27. The Kier molecular flexibility index (Phi) is 9.01. The predicted octanol–water partition coefficient (Wildman–Crippen LogP) is 4.34. The maximum atomic E-state index is 13.7. The van der Waals surface area contributed by atoms with E-state index < -0.39 is 0 Å². The van der Waals surface area contributed by atoms with E-state index >= 15 is 0 Å². The summed E-state index contributed by atoms with van der Waals surface area (Å²) in [4.78, 5) is 20.0. The minimum Gasteiger partial charge on any atom is -0.495 e. The second kappa shape index (κ2) is 12.6. The highest BCUT2D eigenvalue weighted by molar-refractivity contribution is 7.23. The zero-order valence-corrected chi connectivity index (χ0v) is 25.4. The molecule has 5 rings (SSSR count). The first-order valence-corrected chi connectivity index (χ1v) is 15.1. The molecule has 1 aliphatic heterocycles. The number of ether oxygens (including phenoxy) is 1. The molecule has 2 aromatic carbocycles. The van der Waals surface area contributed by atoms with E-state index in [1.807, 2.05) is 23.1 Å². The molecule has 0 saturated carbocycles. The second-order valence-electron chi connectivity index (χ2n) is 10.6. The molecule has 0 saturated heterocycles. The minimum atomic E-state index is -0.132. The average Bonchev–Trinajstić information content (AvgIpc) is 3.54. The fourth-order valence-corrected chi connectivity index (χ4v) is 6.78. The number of carbonyl (C=O) groups is 1. The van der Waals surface area contributed by atoms with Gasteiger partial charge >= 0.3 is 0 Å². The molecule has 4 aromatic rings. The van der Waals surface area contributed by atoms with Crippen LogP contribution in [-0.4, -0.2) is 98.3 Å². The van der Waals surface area contributed by atoms with Gasteiger partial charge in [-0.2, -0.15) is 0 Å². The first-order chi connectivity index (χ1) is 19.3. The lowest BCUT2D eigenvalue weighted by Gasteiger charge is -2.28. The van der Waals surface area contributed by atoms with Gasteiger partial charge in [-0.25, -0.2) is 0 Å². The van der Waals surface area contributed by atoms with Crippen molar-refractivity contribution in [2.75, 3.05) is 78.8 Å². The Hall–Kier alpha value is -3.03. The fourth-order valence-electron chi connectivity index (χ4n) is 5.03. The molecule has 214 valence electrons. The Morgan fingerprint density at radius 1 is 1.05 bits per heavy atom. The Morgan fingerprint density at radius 3 is 2.50 bits per heavy atom. The maximum absolute atomic E-state index is 13.7. The molecule has 2 aromatic heterocycles. The topological polar surface area (TPSA) is 97.9 Å². The Bertz CT molecular complexity index is 1450. The van der Waals surface area contributed by atoms with Crippen LogP contribution in [0.5, 0.6) is 5.75 Å². The van der Waals surface area contributed by atoms with Gasteiger partial charge in [0.2, 0.25) is 0 Å². The predicted molar refractivity (Wildman–Crippen MR) is 166 cm³/mol. The molecule has 1 unspecified atom stereocenters. The molecular formula is C28H38N8O2S2. The summed E-state index contributed by atoms with van der Waals surface area (Å²) < 4.78 is 11.8. The Morgan fingerprint density at radius 2 is 1.80 bits per heavy atom. The number of fused-ring (bicyclic) bond motifs is 4. The van der Waals surface area contributed by atoms with E-state index in [0.29, 0.717) is 6.67 Å². The monoisotopic (exact) mass is 582 g/mol. The van der Waals surface area contributed by atoms with Gasteiger partial charge in [-0.05, 0) is 83.9 Å². The number of methoxy groups -OCH3 is 1. The van der Waals surface area contributed by atoms with Crippen molar-refractivity contribution >= 4 is 59.8 Å². The van der Waals surface area contributed by atoms with Crippen LogP contribution in [0.25, 0.3) is 20.3 Å². The van der Waals surface area contributed by atoms with Crippen LogP contribution >= 0.6 is 22.9 Å². The van der Waals surface area contributed by atoms with Gasteiger partial charge in [0.1, 0.15) is 17.4 Å². The van der Waals surface area contributed by atoms with Gasteiger partial charge in [-0.3, -0.25) is 10.1 Å². The molecule has 0 fully saturated rings. The number of hydrogen-bond donors (Lipinski definition) is 3. The smallest absolute Gasteiger partial charge is 0.253 e. The second-order valence-corrected chi connectivity index (χ2v) is 12.4. The van der Waals surface area contributed by atoms with Crippen molar-refractivity contribution in [2.45, 2.75) is 19.0 Å². The Labute approximate surface area is 243 Å². The fraction of sp³-hybridized carbons (Fsp3) is 0.464. The van der Waals surface area contributed by atoms with Gasteiger partial charge in [0, 0.05) is 40.4 Å². The lowest BCUT2D eigenvalue weighted by Crippen LogP contribution is -2.36. The molecule has 1 atom stereocenters. The van der Waals surface area contributed by atoms with E-state index in [2.05, 4.69) is 75.7 Å². The highest BCUT2D eigenvalue weighted by Crippen LogP contribution is 2.43. The first kappa shape index (κ1) is 28.5. The molecule has 3 N–H and O–H groups in total. The number of thiophene rings is 1. The molecule has 10 nitrogen and oxygen atoms in total. The van der Waals surface area contributed by atoms with E-state index in [-0.39, 0.29) is 12.1 Å². The zero-order valence-electron chi connectivity index (χ0n) is 23.8. The van der Waals surface area contributed by atoms with E-state index in [9.17, 15) is 4.79 Å². The van der Waals surface area contributed by atoms with Crippen LogP contribution in [-0.2, 0) is 0 Å². The number of amides is 1. The first-order valence-electron chi connectivity index (χ1n) is 13.5. The highest BCUT2D eigenvalue weighted by atomic mass is 32.1. The number of benzene rings is 2. The van der Waals surface area contributed by atoms with Crippen molar-refractivity contribution in [3.8, 4) is 5.75 Å². The summed E-state index contributed by atoms with van der Waals surface area (Å²) in [5.41, 5.74) is 3.58. The van der Waals surface area contributed by atoms with Crippen LogP contribution in [0.3, 0.4) is 0 Å². The van der Waals surface area contributed by atoms with Crippen molar-refractivity contribution in [3.05, 3.63) is 41.5 Å². The van der Waals surface area contributed by atoms with Gasteiger partial charge in [0.05, 0.1) is 29.2 Å². The third-order valence-corrected chi connectivity index (χ3v) is 8.85. The van der Waals surface area contributed by atoms with Crippen LogP contribution in [0.4, 0.5) is 10.7 Å². The number of carbonyl (C=O) groups excluding carboxylic acids is 1. The number of aromatic nitrogens is 2. The molecule has 3 heterocycles. The molecule has 0 aliphatic carbocycles. The number of hydrogen-bond acceptors (Lipinski definition) is 11. The van der Waals surface area contributed by atoms with E-state index in [0.717, 1.165) is 86.9 Å². The third kappa shape index (κ3) is 6.31. The van der Waals surface area contributed by atoms with Gasteiger partial charge < -0.3 is 30.1 Å². The third-order valence-electron chi connectivity index (χ3n) is 7.04. The van der Waals surface area contributed by atoms with Crippen LogP contribution in [0.1, 0.15) is 34.9 Å². The maximum Gasteiger partial charge on any atom is 0.253 e. The van der Waals surface area contributed by atoms with Gasteiger partial charge in [-0.1, -0.05) is 10.6 Å². The zero-order chi connectivity index (χ0) is 28.2. The number of rotatable bonds is 12. The molecular weight excluding hydrogens is 544 g/mol. The normalized spacial score (nSPS) is 15.0. The standard InChI is InChI=1S/C28H38N8O2S2/c1-34(2)10-6-12-36(13-7-11-35(3)4)28(37)18-8-9-19-23(14-18)39-27-25(19)26(29-17-30-27)31-20-16-24-21(32-33-40-24)15-22(20)38-5/h8-9,14-16,26,29-31H,6-7,10-13,17H2,1-5H3. The number of nitrogens with zero attached hydrogens (tertiary/aromatic N) is 5. The molecule has 40 heavy (non-hydrogen) atoms. The molecule has 1 amide bonds. The van der Waals surface area contributed by atoms with Crippen molar-refractivity contribution < 1.29 is 9.53 Å². The minimum absolute atomic E-state index is 0.0998. The van der Waals surface area contributed by atoms with E-state index in [1.165, 1.54) is 11.5 Å². The van der Waals surface area contributed by atoms with E-state index in [4.69, 9.17) is 4.74 Å². The summed E-state index contributed by atoms with van der Waals surface area (Å²) in [6.45, 7) is 4.04. The van der Waals surface area contributed by atoms with Crippen molar-refractivity contribution in [1.29, 1.82) is 0 Å². The van der Waals surface area contributed by atoms with E-state index in [1.54, 1.807) is 18.4 Å². The van der Waals surface area contributed by atoms with Gasteiger partial charge in [0.25, 0.3) is 5.91 Å². The number of nitrogens with one attached hydrogen (secondary N) is 3. The van der Waals surface area contributed by atoms with Gasteiger partial charge in [0.15, 0.2) is 0 Å². The molecule has 12 heteroatoms. The van der Waals surface area contributed by atoms with Crippen molar-refractivity contribution in [2.24, 2.45) is 0 Å². The summed E-state index contributed by atoms with van der Waals surface area (Å²) in [5.74, 6) is 0.820. The lowest BCUT2D eigenvalue weighted by atomic mass is 10.1. The molecule has 0 bridgehead atoms. The van der Waals surface area contributed by atoms with Crippen LogP contribution < -0.4 is 20.7 Å². The van der Waals surface area contributed by atoms with Crippen LogP contribution in [0.2, 0.25) is 0 Å². The molecule has 0 spiro atoms. The summed E-state index contributed by atoms with van der Waals surface area (Å²) in [5, 5.41) is 17.0. The quantitative estimate of drug-likeness (QED) is 0.225. The molecule has 0 radical (unpaired) electrons.